The number of allylic oxidation sites excluding steroid dienone is 2. The summed E-state index contributed by atoms with van der Waals surface area (Å²) in [5.74, 6) is -0.404. The Labute approximate surface area is 125 Å². The van der Waals surface area contributed by atoms with Crippen LogP contribution in [0, 0.1) is 5.92 Å². The molecule has 3 rings (SSSR count). The molecule has 1 aliphatic heterocycles. The third-order valence-corrected chi connectivity index (χ3v) is 4.37. The van der Waals surface area contributed by atoms with Gasteiger partial charge in [-0.1, -0.05) is 43.3 Å². The number of ether oxygens (including phenoxy) is 2. The lowest BCUT2D eigenvalue weighted by atomic mass is 9.77. The SMILES string of the molecule is CC/C=C(/c1ccccc1)C1CCC2(CC1=O)OCCO2. The number of carbonyl (C=O) groups is 1. The molecule has 0 aromatic heterocycles. The van der Waals surface area contributed by atoms with E-state index < -0.39 is 5.79 Å². The van der Waals surface area contributed by atoms with Gasteiger partial charge in [0, 0.05) is 12.3 Å². The molecule has 0 amide bonds. The number of Topliss-reactive ketones (excluding diaryl/α,β-unsaturated/α-hetero) is 1. The second-order valence-corrected chi connectivity index (χ2v) is 5.78. The van der Waals surface area contributed by atoms with Gasteiger partial charge in [0.15, 0.2) is 5.79 Å². The molecule has 112 valence electrons. The lowest BCUT2D eigenvalue weighted by Gasteiger charge is -2.35. The topological polar surface area (TPSA) is 35.5 Å². The van der Waals surface area contributed by atoms with Gasteiger partial charge in [-0.15, -0.1) is 0 Å². The summed E-state index contributed by atoms with van der Waals surface area (Å²) in [5.41, 5.74) is 2.32. The minimum Gasteiger partial charge on any atom is -0.347 e. The number of ketones is 1. The van der Waals surface area contributed by atoms with Gasteiger partial charge in [0.05, 0.1) is 19.6 Å². The molecule has 0 bridgehead atoms. The molecule has 1 aromatic rings. The second-order valence-electron chi connectivity index (χ2n) is 5.78. The first kappa shape index (κ1) is 14.5. The molecule has 1 saturated carbocycles. The fourth-order valence-electron chi connectivity index (χ4n) is 3.39. The first-order valence-corrected chi connectivity index (χ1v) is 7.80. The monoisotopic (exact) mass is 286 g/mol. The normalized spacial score (nSPS) is 25.5. The van der Waals surface area contributed by atoms with Gasteiger partial charge in [-0.3, -0.25) is 4.79 Å². The summed E-state index contributed by atoms with van der Waals surface area (Å²) in [7, 11) is 0. The van der Waals surface area contributed by atoms with Gasteiger partial charge in [0.2, 0.25) is 0 Å². The molecule has 1 saturated heterocycles. The average Bonchev–Trinajstić information content (AvgIpc) is 2.95. The first-order chi connectivity index (χ1) is 10.2. The van der Waals surface area contributed by atoms with E-state index >= 15 is 0 Å². The van der Waals surface area contributed by atoms with E-state index in [0.29, 0.717) is 19.6 Å². The molecule has 1 aromatic carbocycles. The zero-order valence-electron chi connectivity index (χ0n) is 12.5. The Morgan fingerprint density at radius 3 is 2.62 bits per heavy atom. The third-order valence-electron chi connectivity index (χ3n) is 4.37. The zero-order valence-corrected chi connectivity index (χ0v) is 12.5. The van der Waals surface area contributed by atoms with Crippen LogP contribution in [0.5, 0.6) is 0 Å². The Kier molecular flexibility index (Phi) is 4.22. The molecule has 0 radical (unpaired) electrons. The molecule has 1 spiro atoms. The van der Waals surface area contributed by atoms with Gasteiger partial charge < -0.3 is 9.47 Å². The number of rotatable bonds is 3. The molecule has 0 N–H and O–H groups in total. The number of benzene rings is 1. The van der Waals surface area contributed by atoms with Crippen LogP contribution in [0.15, 0.2) is 36.4 Å². The molecular weight excluding hydrogens is 264 g/mol. The summed E-state index contributed by atoms with van der Waals surface area (Å²) in [4.78, 5) is 12.6. The highest BCUT2D eigenvalue weighted by Crippen LogP contribution is 2.41. The van der Waals surface area contributed by atoms with E-state index in [9.17, 15) is 4.79 Å². The lowest BCUT2D eigenvalue weighted by Crippen LogP contribution is -2.40. The van der Waals surface area contributed by atoms with Crippen molar-refractivity contribution in [2.24, 2.45) is 5.92 Å². The van der Waals surface area contributed by atoms with Crippen molar-refractivity contribution in [1.82, 2.24) is 0 Å². The van der Waals surface area contributed by atoms with Gasteiger partial charge in [0.25, 0.3) is 0 Å². The van der Waals surface area contributed by atoms with Crippen molar-refractivity contribution in [3.05, 3.63) is 42.0 Å². The van der Waals surface area contributed by atoms with E-state index in [0.717, 1.165) is 30.4 Å². The fraction of sp³-hybridized carbons (Fsp3) is 0.500. The Bertz CT molecular complexity index is 527. The molecule has 3 heteroatoms. The highest BCUT2D eigenvalue weighted by molar-refractivity contribution is 5.94. The molecule has 1 aliphatic carbocycles. The Morgan fingerprint density at radius 2 is 2.00 bits per heavy atom. The van der Waals surface area contributed by atoms with E-state index in [4.69, 9.17) is 9.47 Å². The number of hydrogen-bond acceptors (Lipinski definition) is 3. The van der Waals surface area contributed by atoms with Crippen molar-refractivity contribution in [2.75, 3.05) is 13.2 Å². The summed E-state index contributed by atoms with van der Waals surface area (Å²) >= 11 is 0. The largest absolute Gasteiger partial charge is 0.347 e. The van der Waals surface area contributed by atoms with Crippen LogP contribution in [0.25, 0.3) is 5.57 Å². The quantitative estimate of drug-likeness (QED) is 0.851. The zero-order chi connectivity index (χ0) is 14.7. The van der Waals surface area contributed by atoms with Gasteiger partial charge >= 0.3 is 0 Å². The van der Waals surface area contributed by atoms with Crippen molar-refractivity contribution in [1.29, 1.82) is 0 Å². The van der Waals surface area contributed by atoms with Crippen LogP contribution in [0.2, 0.25) is 0 Å². The molecule has 2 fully saturated rings. The van der Waals surface area contributed by atoms with Crippen LogP contribution in [0.1, 0.15) is 38.2 Å². The summed E-state index contributed by atoms with van der Waals surface area (Å²) in [6.07, 6.45) is 5.11. The molecule has 2 aliphatic rings. The van der Waals surface area contributed by atoms with Gasteiger partial charge in [-0.05, 0) is 24.0 Å². The molecule has 21 heavy (non-hydrogen) atoms. The predicted molar refractivity (Wildman–Crippen MR) is 81.7 cm³/mol. The maximum Gasteiger partial charge on any atom is 0.175 e. The van der Waals surface area contributed by atoms with Crippen LogP contribution < -0.4 is 0 Å². The van der Waals surface area contributed by atoms with Crippen LogP contribution in [-0.2, 0) is 14.3 Å². The maximum absolute atomic E-state index is 12.6. The summed E-state index contributed by atoms with van der Waals surface area (Å²) < 4.78 is 11.4. The maximum atomic E-state index is 12.6. The molecule has 1 atom stereocenters. The van der Waals surface area contributed by atoms with E-state index in [2.05, 4.69) is 25.1 Å². The van der Waals surface area contributed by atoms with Gasteiger partial charge in [0.1, 0.15) is 5.78 Å². The standard InChI is InChI=1S/C18H22O3/c1-2-6-15(14-7-4-3-5-8-14)16-9-10-18(13-17(16)19)20-11-12-21-18/h3-8,16H,2,9-13H2,1H3/b15-6-. The highest BCUT2D eigenvalue weighted by Gasteiger charge is 2.45. The van der Waals surface area contributed by atoms with Crippen LogP contribution in [0.4, 0.5) is 0 Å². The van der Waals surface area contributed by atoms with E-state index in [1.807, 2.05) is 18.2 Å². The average molecular weight is 286 g/mol. The van der Waals surface area contributed by atoms with Crippen LogP contribution >= 0.6 is 0 Å². The minimum atomic E-state index is -0.623. The number of carbonyl (C=O) groups excluding carboxylic acids is 1. The summed E-state index contributed by atoms with van der Waals surface area (Å²) in [6, 6.07) is 10.2. The van der Waals surface area contributed by atoms with E-state index in [1.54, 1.807) is 0 Å². The van der Waals surface area contributed by atoms with E-state index in [-0.39, 0.29) is 11.7 Å². The lowest BCUT2D eigenvalue weighted by molar-refractivity contribution is -0.183. The Hall–Kier alpha value is -1.45. The van der Waals surface area contributed by atoms with Crippen LogP contribution in [-0.4, -0.2) is 24.8 Å². The van der Waals surface area contributed by atoms with E-state index in [1.165, 1.54) is 0 Å². The van der Waals surface area contributed by atoms with Crippen molar-refractivity contribution >= 4 is 11.4 Å². The summed E-state index contributed by atoms with van der Waals surface area (Å²) in [6.45, 7) is 3.32. The van der Waals surface area contributed by atoms with Crippen molar-refractivity contribution < 1.29 is 14.3 Å². The van der Waals surface area contributed by atoms with Gasteiger partial charge in [-0.25, -0.2) is 0 Å². The van der Waals surface area contributed by atoms with Crippen molar-refractivity contribution in [3.63, 3.8) is 0 Å². The van der Waals surface area contributed by atoms with Gasteiger partial charge in [-0.2, -0.15) is 0 Å². The fourth-order valence-corrected chi connectivity index (χ4v) is 3.39. The third kappa shape index (κ3) is 2.94. The first-order valence-electron chi connectivity index (χ1n) is 7.80. The molecule has 3 nitrogen and oxygen atoms in total. The van der Waals surface area contributed by atoms with Crippen molar-refractivity contribution in [3.8, 4) is 0 Å². The Morgan fingerprint density at radius 1 is 1.29 bits per heavy atom. The molecule has 1 heterocycles. The smallest absolute Gasteiger partial charge is 0.175 e. The predicted octanol–water partition coefficient (Wildman–Crippen LogP) is 3.59. The molecular formula is C18H22O3. The van der Waals surface area contributed by atoms with Crippen molar-refractivity contribution in [2.45, 2.75) is 38.4 Å². The van der Waals surface area contributed by atoms with Crippen LogP contribution in [0.3, 0.4) is 0 Å². The second kappa shape index (κ2) is 6.12. The highest BCUT2D eigenvalue weighted by atomic mass is 16.7. The Balaban J connectivity index is 1.82. The molecule has 1 unspecified atom stereocenters. The number of hydrogen-bond donors (Lipinski definition) is 0. The summed E-state index contributed by atoms with van der Waals surface area (Å²) in [5, 5.41) is 0. The minimum absolute atomic E-state index is 0.0224.